The smallest absolute Gasteiger partial charge is 0.191 e. The van der Waals surface area contributed by atoms with E-state index in [9.17, 15) is 0 Å². The van der Waals surface area contributed by atoms with Crippen LogP contribution in [0.1, 0.15) is 62.7 Å². The molecule has 104 valence electrons. The van der Waals surface area contributed by atoms with E-state index in [1.807, 2.05) is 11.8 Å². The van der Waals surface area contributed by atoms with Gasteiger partial charge < -0.3 is 9.88 Å². The van der Waals surface area contributed by atoms with E-state index >= 15 is 0 Å². The summed E-state index contributed by atoms with van der Waals surface area (Å²) in [6, 6.07) is 1.36. The SMILES string of the molecule is CNC1CCCC1Sc1nnc(C2CC2)n1C1CC1. The van der Waals surface area contributed by atoms with Crippen molar-refractivity contribution in [3.63, 3.8) is 0 Å². The number of thioether (sulfide) groups is 1. The average molecular weight is 278 g/mol. The third-order valence-electron chi connectivity index (χ3n) is 4.63. The zero-order valence-electron chi connectivity index (χ0n) is 11.5. The number of hydrogen-bond acceptors (Lipinski definition) is 4. The Morgan fingerprint density at radius 1 is 1.11 bits per heavy atom. The first kappa shape index (κ1) is 12.2. The molecule has 4 rings (SSSR count). The van der Waals surface area contributed by atoms with Crippen LogP contribution in [0, 0.1) is 0 Å². The van der Waals surface area contributed by atoms with Crippen LogP contribution < -0.4 is 5.32 Å². The molecule has 2 unspecified atom stereocenters. The summed E-state index contributed by atoms with van der Waals surface area (Å²) in [6.07, 6.45) is 9.25. The molecule has 2 atom stereocenters. The zero-order chi connectivity index (χ0) is 12.8. The summed E-state index contributed by atoms with van der Waals surface area (Å²) in [5, 5.41) is 14.4. The number of nitrogens with one attached hydrogen (secondary N) is 1. The minimum atomic E-state index is 0.652. The molecule has 19 heavy (non-hydrogen) atoms. The molecule has 3 aliphatic rings. The van der Waals surface area contributed by atoms with Gasteiger partial charge in [0.1, 0.15) is 5.82 Å². The van der Waals surface area contributed by atoms with Crippen molar-refractivity contribution in [2.45, 2.75) is 73.4 Å². The van der Waals surface area contributed by atoms with Gasteiger partial charge >= 0.3 is 0 Å². The van der Waals surface area contributed by atoms with Crippen molar-refractivity contribution < 1.29 is 0 Å². The Morgan fingerprint density at radius 2 is 1.95 bits per heavy atom. The molecule has 3 fully saturated rings. The first-order valence-electron chi connectivity index (χ1n) is 7.65. The molecule has 0 amide bonds. The standard InChI is InChI=1S/C14H22N4S/c1-15-11-3-2-4-12(11)19-14-17-16-13(9-5-6-9)18(14)10-7-8-10/h9-12,15H,2-8H2,1H3. The summed E-state index contributed by atoms with van der Waals surface area (Å²) in [5.74, 6) is 2.00. The highest BCUT2D eigenvalue weighted by Crippen LogP contribution is 2.47. The fraction of sp³-hybridized carbons (Fsp3) is 0.857. The van der Waals surface area contributed by atoms with E-state index in [1.165, 1.54) is 55.9 Å². The van der Waals surface area contributed by atoms with Crippen molar-refractivity contribution in [2.75, 3.05) is 7.05 Å². The lowest BCUT2D eigenvalue weighted by molar-refractivity contribution is 0.585. The summed E-state index contributed by atoms with van der Waals surface area (Å²) in [7, 11) is 2.09. The number of rotatable bonds is 5. The van der Waals surface area contributed by atoms with Gasteiger partial charge in [0, 0.05) is 23.3 Å². The van der Waals surface area contributed by atoms with Gasteiger partial charge in [0.25, 0.3) is 0 Å². The second-order valence-corrected chi connectivity index (χ2v) is 7.40. The van der Waals surface area contributed by atoms with Gasteiger partial charge in [-0.3, -0.25) is 0 Å². The average Bonchev–Trinajstić information content (AvgIpc) is 3.35. The van der Waals surface area contributed by atoms with Gasteiger partial charge in [0.2, 0.25) is 0 Å². The molecule has 3 saturated carbocycles. The number of hydrogen-bond donors (Lipinski definition) is 1. The maximum absolute atomic E-state index is 4.52. The van der Waals surface area contributed by atoms with Crippen LogP contribution in [0.2, 0.25) is 0 Å². The Kier molecular flexibility index (Phi) is 3.07. The van der Waals surface area contributed by atoms with Gasteiger partial charge in [0.05, 0.1) is 0 Å². The normalized spacial score (nSPS) is 31.0. The highest BCUT2D eigenvalue weighted by molar-refractivity contribution is 7.99. The van der Waals surface area contributed by atoms with Crippen LogP contribution in [0.25, 0.3) is 0 Å². The van der Waals surface area contributed by atoms with Crippen molar-refractivity contribution in [2.24, 2.45) is 0 Å². The molecular formula is C14H22N4S. The van der Waals surface area contributed by atoms with Crippen LogP contribution in [0.3, 0.4) is 0 Å². The predicted molar refractivity (Wildman–Crippen MR) is 76.6 cm³/mol. The third kappa shape index (κ3) is 2.31. The molecule has 1 heterocycles. The minimum absolute atomic E-state index is 0.652. The van der Waals surface area contributed by atoms with Gasteiger partial charge in [-0.05, 0) is 45.6 Å². The summed E-state index contributed by atoms with van der Waals surface area (Å²) < 4.78 is 2.48. The fourth-order valence-electron chi connectivity index (χ4n) is 3.20. The summed E-state index contributed by atoms with van der Waals surface area (Å²) in [6.45, 7) is 0. The molecule has 5 heteroatoms. The lowest BCUT2D eigenvalue weighted by Gasteiger charge is -2.18. The molecule has 1 aromatic rings. The van der Waals surface area contributed by atoms with Crippen LogP contribution in [-0.2, 0) is 0 Å². The fourth-order valence-corrected chi connectivity index (χ4v) is 4.63. The maximum atomic E-state index is 4.52. The quantitative estimate of drug-likeness (QED) is 0.899. The van der Waals surface area contributed by atoms with Crippen molar-refractivity contribution >= 4 is 11.8 Å². The summed E-state index contributed by atoms with van der Waals surface area (Å²) in [4.78, 5) is 0. The second kappa shape index (κ2) is 4.77. The first-order chi connectivity index (χ1) is 9.36. The minimum Gasteiger partial charge on any atom is -0.316 e. The van der Waals surface area contributed by atoms with E-state index in [4.69, 9.17) is 0 Å². The lowest BCUT2D eigenvalue weighted by Crippen LogP contribution is -2.30. The molecule has 0 saturated heterocycles. The van der Waals surface area contributed by atoms with Crippen LogP contribution >= 0.6 is 11.8 Å². The Bertz CT molecular complexity index is 464. The molecule has 0 aromatic carbocycles. The Morgan fingerprint density at radius 3 is 2.63 bits per heavy atom. The molecule has 0 aliphatic heterocycles. The van der Waals surface area contributed by atoms with E-state index in [1.54, 1.807) is 0 Å². The largest absolute Gasteiger partial charge is 0.316 e. The van der Waals surface area contributed by atoms with E-state index in [0.717, 1.165) is 0 Å². The molecule has 0 radical (unpaired) electrons. The van der Waals surface area contributed by atoms with Crippen LogP contribution in [0.15, 0.2) is 5.16 Å². The highest BCUT2D eigenvalue weighted by Gasteiger charge is 2.37. The number of nitrogens with zero attached hydrogens (tertiary/aromatic N) is 3. The topological polar surface area (TPSA) is 42.7 Å². The molecule has 1 N–H and O–H groups in total. The Hall–Kier alpha value is -0.550. The molecule has 0 bridgehead atoms. The first-order valence-corrected chi connectivity index (χ1v) is 8.53. The van der Waals surface area contributed by atoms with Gasteiger partial charge in [-0.1, -0.05) is 18.2 Å². The van der Waals surface area contributed by atoms with Gasteiger partial charge in [-0.25, -0.2) is 0 Å². The Balaban J connectivity index is 1.57. The second-order valence-electron chi connectivity index (χ2n) is 6.20. The molecule has 0 spiro atoms. The van der Waals surface area contributed by atoms with Crippen LogP contribution in [0.5, 0.6) is 0 Å². The van der Waals surface area contributed by atoms with Crippen LogP contribution in [-0.4, -0.2) is 33.1 Å². The predicted octanol–water partition coefficient (Wildman–Crippen LogP) is 2.72. The summed E-state index contributed by atoms with van der Waals surface area (Å²) in [5.41, 5.74) is 0. The molecule has 1 aromatic heterocycles. The van der Waals surface area contributed by atoms with E-state index in [0.29, 0.717) is 23.3 Å². The van der Waals surface area contributed by atoms with Crippen molar-refractivity contribution in [3.05, 3.63) is 5.82 Å². The number of aromatic nitrogens is 3. The molecule has 3 aliphatic carbocycles. The summed E-state index contributed by atoms with van der Waals surface area (Å²) >= 11 is 1.97. The highest BCUT2D eigenvalue weighted by atomic mass is 32.2. The lowest BCUT2D eigenvalue weighted by atomic mass is 10.2. The zero-order valence-corrected chi connectivity index (χ0v) is 12.3. The molecular weight excluding hydrogens is 256 g/mol. The Labute approximate surface area is 118 Å². The van der Waals surface area contributed by atoms with Crippen molar-refractivity contribution in [1.82, 2.24) is 20.1 Å². The van der Waals surface area contributed by atoms with E-state index in [2.05, 4.69) is 27.1 Å². The van der Waals surface area contributed by atoms with Gasteiger partial charge in [-0.15, -0.1) is 10.2 Å². The van der Waals surface area contributed by atoms with E-state index in [-0.39, 0.29) is 0 Å². The molecule has 4 nitrogen and oxygen atoms in total. The third-order valence-corrected chi connectivity index (χ3v) is 5.98. The van der Waals surface area contributed by atoms with Crippen LogP contribution in [0.4, 0.5) is 0 Å². The van der Waals surface area contributed by atoms with Crippen molar-refractivity contribution in [3.8, 4) is 0 Å². The van der Waals surface area contributed by atoms with Gasteiger partial charge in [-0.2, -0.15) is 0 Å². The van der Waals surface area contributed by atoms with Gasteiger partial charge in [0.15, 0.2) is 5.16 Å². The maximum Gasteiger partial charge on any atom is 0.191 e. The monoisotopic (exact) mass is 278 g/mol. The van der Waals surface area contributed by atoms with Crippen molar-refractivity contribution in [1.29, 1.82) is 0 Å². The van der Waals surface area contributed by atoms with E-state index < -0.39 is 0 Å².